The van der Waals surface area contributed by atoms with Crippen molar-refractivity contribution in [3.8, 4) is 0 Å². The Morgan fingerprint density at radius 3 is 2.60 bits per heavy atom. The summed E-state index contributed by atoms with van der Waals surface area (Å²) in [7, 11) is 0. The standard InChI is InChI=1S/C32H35IN8O2/c1-2-30(42)37-26-9-6-10-28(19-26)41(23-33)31-25(13-14-34-20-24-7-4-3-5-8-24)21-36-32(39-31)38-27-11-12-29(35-22-27)40-15-17-43-18-16-40/h2-12,19,21-22,34H,1,13-18,20,23H2,(H,37,42)(H,36,38,39). The van der Waals surface area contributed by atoms with Crippen LogP contribution in [-0.4, -0.2) is 58.3 Å². The Hall–Kier alpha value is -4.07. The lowest BCUT2D eigenvalue weighted by molar-refractivity contribution is -0.111. The van der Waals surface area contributed by atoms with Crippen LogP contribution in [0.15, 0.2) is 91.8 Å². The predicted molar refractivity (Wildman–Crippen MR) is 181 cm³/mol. The second kappa shape index (κ2) is 15.4. The molecule has 1 aliphatic rings. The second-order valence-corrected chi connectivity index (χ2v) is 10.6. The Bertz CT molecular complexity index is 1500. The van der Waals surface area contributed by atoms with Gasteiger partial charge in [0.1, 0.15) is 11.6 Å². The minimum Gasteiger partial charge on any atom is -0.378 e. The maximum atomic E-state index is 11.9. The van der Waals surface area contributed by atoms with Crippen molar-refractivity contribution in [3.63, 3.8) is 0 Å². The van der Waals surface area contributed by atoms with E-state index in [1.165, 1.54) is 11.6 Å². The average Bonchev–Trinajstić information content (AvgIpc) is 3.05. The molecule has 0 spiro atoms. The number of carbonyl (C=O) groups is 1. The summed E-state index contributed by atoms with van der Waals surface area (Å²) in [5.74, 6) is 1.93. The summed E-state index contributed by atoms with van der Waals surface area (Å²) in [6.07, 6.45) is 5.68. The Morgan fingerprint density at radius 1 is 1.02 bits per heavy atom. The molecule has 4 aromatic rings. The summed E-state index contributed by atoms with van der Waals surface area (Å²) in [5, 5.41) is 9.70. The number of pyridine rings is 1. The number of nitrogens with zero attached hydrogens (tertiary/aromatic N) is 5. The van der Waals surface area contributed by atoms with E-state index in [4.69, 9.17) is 9.72 Å². The first kappa shape index (κ1) is 30.4. The zero-order valence-electron chi connectivity index (χ0n) is 23.9. The monoisotopic (exact) mass is 690 g/mol. The Kier molecular flexibility index (Phi) is 10.9. The molecule has 1 amide bonds. The molecule has 2 aromatic carbocycles. The van der Waals surface area contributed by atoms with Gasteiger partial charge in [0, 0.05) is 42.8 Å². The van der Waals surface area contributed by atoms with Gasteiger partial charge in [-0.2, -0.15) is 4.98 Å². The van der Waals surface area contributed by atoms with Gasteiger partial charge in [-0.25, -0.2) is 9.97 Å². The topological polar surface area (TPSA) is 108 Å². The smallest absolute Gasteiger partial charge is 0.247 e. The number of morpholine rings is 1. The summed E-state index contributed by atoms with van der Waals surface area (Å²) in [5.41, 5.74) is 4.62. The first-order valence-electron chi connectivity index (χ1n) is 14.2. The van der Waals surface area contributed by atoms with Gasteiger partial charge in [-0.05, 0) is 54.9 Å². The molecular formula is C32H35IN8O2. The Labute approximate surface area is 265 Å². The van der Waals surface area contributed by atoms with E-state index >= 15 is 0 Å². The van der Waals surface area contributed by atoms with Gasteiger partial charge in [0.05, 0.1) is 29.6 Å². The quantitative estimate of drug-likeness (QED) is 0.0556. The number of ether oxygens (including phenoxy) is 1. The highest BCUT2D eigenvalue weighted by Crippen LogP contribution is 2.31. The molecule has 3 N–H and O–H groups in total. The van der Waals surface area contributed by atoms with Gasteiger partial charge in [0.25, 0.3) is 0 Å². The van der Waals surface area contributed by atoms with Crippen LogP contribution >= 0.6 is 22.6 Å². The van der Waals surface area contributed by atoms with Crippen LogP contribution in [0.25, 0.3) is 0 Å². The van der Waals surface area contributed by atoms with Crippen molar-refractivity contribution in [1.29, 1.82) is 0 Å². The maximum Gasteiger partial charge on any atom is 0.247 e. The van der Waals surface area contributed by atoms with E-state index in [0.717, 1.165) is 61.2 Å². The van der Waals surface area contributed by atoms with Gasteiger partial charge in [-0.15, -0.1) is 0 Å². The van der Waals surface area contributed by atoms with Gasteiger partial charge in [-0.3, -0.25) is 4.79 Å². The van der Waals surface area contributed by atoms with Gasteiger partial charge in [-0.1, -0.05) is 65.6 Å². The fourth-order valence-electron chi connectivity index (χ4n) is 4.68. The molecule has 43 heavy (non-hydrogen) atoms. The normalized spacial score (nSPS) is 12.9. The zero-order chi connectivity index (χ0) is 29.9. The van der Waals surface area contributed by atoms with Crippen molar-refractivity contribution in [2.75, 3.05) is 57.8 Å². The highest BCUT2D eigenvalue weighted by Gasteiger charge is 2.18. The van der Waals surface area contributed by atoms with Crippen molar-refractivity contribution in [1.82, 2.24) is 20.3 Å². The number of hydrogen-bond acceptors (Lipinski definition) is 9. The molecule has 222 valence electrons. The molecule has 0 atom stereocenters. The van der Waals surface area contributed by atoms with Gasteiger partial charge >= 0.3 is 0 Å². The largest absolute Gasteiger partial charge is 0.378 e. The number of alkyl halides is 1. The third kappa shape index (κ3) is 8.49. The van der Waals surface area contributed by atoms with Crippen LogP contribution in [0.2, 0.25) is 0 Å². The predicted octanol–water partition coefficient (Wildman–Crippen LogP) is 5.44. The molecule has 0 aliphatic carbocycles. The summed E-state index contributed by atoms with van der Waals surface area (Å²) in [4.78, 5) is 30.6. The van der Waals surface area contributed by atoms with Crippen molar-refractivity contribution in [2.24, 2.45) is 0 Å². The minimum absolute atomic E-state index is 0.259. The fourth-order valence-corrected chi connectivity index (χ4v) is 5.40. The molecule has 0 saturated carbocycles. The van der Waals surface area contributed by atoms with Gasteiger partial charge < -0.3 is 30.5 Å². The highest BCUT2D eigenvalue weighted by molar-refractivity contribution is 14.1. The van der Waals surface area contributed by atoms with Crippen LogP contribution in [0.4, 0.5) is 34.6 Å². The first-order valence-corrected chi connectivity index (χ1v) is 15.7. The molecule has 1 aliphatic heterocycles. The number of hydrogen-bond donors (Lipinski definition) is 3. The second-order valence-electron chi connectivity index (χ2n) is 9.88. The summed E-state index contributed by atoms with van der Waals surface area (Å²) in [6.45, 7) is 8.18. The van der Waals surface area contributed by atoms with Crippen molar-refractivity contribution >= 4 is 63.1 Å². The average molecular weight is 691 g/mol. The molecule has 0 unspecified atom stereocenters. The lowest BCUT2D eigenvalue weighted by Crippen LogP contribution is -2.36. The lowest BCUT2D eigenvalue weighted by atomic mass is 10.2. The minimum atomic E-state index is -0.259. The summed E-state index contributed by atoms with van der Waals surface area (Å²) >= 11 is 2.33. The Balaban J connectivity index is 1.37. The first-order chi connectivity index (χ1) is 21.1. The number of aromatic nitrogens is 3. The summed E-state index contributed by atoms with van der Waals surface area (Å²) in [6, 6.07) is 22.0. The van der Waals surface area contributed by atoms with Crippen LogP contribution in [-0.2, 0) is 22.5 Å². The molecule has 3 heterocycles. The molecular weight excluding hydrogens is 655 g/mol. The van der Waals surface area contributed by atoms with E-state index in [0.29, 0.717) is 29.4 Å². The van der Waals surface area contributed by atoms with Crippen molar-refractivity contribution in [3.05, 3.63) is 103 Å². The molecule has 0 bridgehead atoms. The fraction of sp³-hybridized carbons (Fsp3) is 0.250. The zero-order valence-corrected chi connectivity index (χ0v) is 26.0. The molecule has 11 heteroatoms. The number of rotatable bonds is 13. The maximum absolute atomic E-state index is 11.9. The molecule has 0 radical (unpaired) electrons. The van der Waals surface area contributed by atoms with Crippen molar-refractivity contribution in [2.45, 2.75) is 13.0 Å². The van der Waals surface area contributed by atoms with Crippen LogP contribution in [0.5, 0.6) is 0 Å². The Morgan fingerprint density at radius 2 is 1.86 bits per heavy atom. The number of amides is 1. The van der Waals surface area contributed by atoms with Crippen LogP contribution in [0, 0.1) is 0 Å². The van der Waals surface area contributed by atoms with E-state index in [2.05, 4.69) is 77.0 Å². The third-order valence-electron chi connectivity index (χ3n) is 6.91. The molecule has 1 fully saturated rings. The van der Waals surface area contributed by atoms with E-state index in [1.807, 2.05) is 60.8 Å². The van der Waals surface area contributed by atoms with Gasteiger partial charge in [0.15, 0.2) is 0 Å². The van der Waals surface area contributed by atoms with Crippen LogP contribution in [0.3, 0.4) is 0 Å². The molecule has 2 aromatic heterocycles. The number of nitrogens with one attached hydrogen (secondary N) is 3. The van der Waals surface area contributed by atoms with E-state index in [-0.39, 0.29) is 5.91 Å². The van der Waals surface area contributed by atoms with Crippen LogP contribution in [0.1, 0.15) is 11.1 Å². The number of halogens is 1. The van der Waals surface area contributed by atoms with E-state index in [9.17, 15) is 4.79 Å². The number of anilines is 6. The molecule has 1 saturated heterocycles. The highest BCUT2D eigenvalue weighted by atomic mass is 127. The number of benzene rings is 2. The molecule has 5 rings (SSSR count). The third-order valence-corrected chi connectivity index (χ3v) is 7.59. The van der Waals surface area contributed by atoms with Crippen molar-refractivity contribution < 1.29 is 9.53 Å². The lowest BCUT2D eigenvalue weighted by Gasteiger charge is -2.27. The van der Waals surface area contributed by atoms with Gasteiger partial charge in [0.2, 0.25) is 11.9 Å². The summed E-state index contributed by atoms with van der Waals surface area (Å²) < 4.78 is 6.09. The van der Waals surface area contributed by atoms with Crippen LogP contribution < -0.4 is 25.8 Å². The SMILES string of the molecule is C=CC(=O)Nc1cccc(N(CI)c2nc(Nc3ccc(N4CCOCC4)nc3)ncc2CCNCc2ccccc2)c1. The van der Waals surface area contributed by atoms with E-state index < -0.39 is 0 Å². The molecule has 10 nitrogen and oxygen atoms in total. The number of carbonyl (C=O) groups excluding carboxylic acids is 1. The van der Waals surface area contributed by atoms with E-state index in [1.54, 1.807) is 6.20 Å².